The number of nitrogen functional groups attached to an aromatic ring is 1. The number of nitrogens with two attached hydrogens (primary N) is 1. The van der Waals surface area contributed by atoms with Gasteiger partial charge in [-0.05, 0) is 0 Å². The molecule has 0 spiro atoms. The highest BCUT2D eigenvalue weighted by Gasteiger charge is 2.06. The summed E-state index contributed by atoms with van der Waals surface area (Å²) in [6.07, 6.45) is 0. The van der Waals surface area contributed by atoms with Crippen LogP contribution in [-0.4, -0.2) is 0 Å². The van der Waals surface area contributed by atoms with Crippen molar-refractivity contribution in [2.45, 2.75) is 0 Å². The molecule has 0 atom stereocenters. The van der Waals surface area contributed by atoms with Crippen molar-refractivity contribution in [3.63, 3.8) is 0 Å². The molecule has 0 saturated carbocycles. The van der Waals surface area contributed by atoms with Crippen molar-refractivity contribution >= 4 is 5.69 Å². The highest BCUT2D eigenvalue weighted by molar-refractivity contribution is 5.40. The maximum Gasteiger partial charge on any atom is 0.152 e. The van der Waals surface area contributed by atoms with E-state index >= 15 is 0 Å². The number of rotatable bonds is 0. The molecule has 0 fully saturated rings. The first-order valence-electron chi connectivity index (χ1n) is 2.51. The molecule has 0 bridgehead atoms. The Morgan fingerprint density at radius 2 is 1.40 bits per heavy atom. The van der Waals surface area contributed by atoms with Crippen molar-refractivity contribution in [2.24, 2.45) is 0 Å². The van der Waals surface area contributed by atoms with Gasteiger partial charge in [0, 0.05) is 12.1 Å². The minimum absolute atomic E-state index is 0.526. The summed E-state index contributed by atoms with van der Waals surface area (Å²) in [4.78, 5) is 0. The zero-order chi connectivity index (χ0) is 7.72. The van der Waals surface area contributed by atoms with E-state index in [0.717, 1.165) is 0 Å². The number of anilines is 1. The van der Waals surface area contributed by atoms with Crippen LogP contribution in [0.25, 0.3) is 0 Å². The van der Waals surface area contributed by atoms with Gasteiger partial charge in [0.2, 0.25) is 0 Å². The summed E-state index contributed by atoms with van der Waals surface area (Å²) >= 11 is 0. The van der Waals surface area contributed by atoms with E-state index in [4.69, 9.17) is 5.73 Å². The largest absolute Gasteiger partial charge is 0.394 e. The van der Waals surface area contributed by atoms with Crippen LogP contribution in [0.3, 0.4) is 0 Å². The summed E-state index contributed by atoms with van der Waals surface area (Å²) in [5.41, 5.74) is 4.18. The van der Waals surface area contributed by atoms with Gasteiger partial charge in [-0.1, -0.05) is 0 Å². The fourth-order valence-corrected chi connectivity index (χ4v) is 0.553. The van der Waals surface area contributed by atoms with Crippen molar-refractivity contribution in [3.05, 3.63) is 29.6 Å². The molecule has 4 heteroatoms. The van der Waals surface area contributed by atoms with E-state index < -0.39 is 23.1 Å². The summed E-state index contributed by atoms with van der Waals surface area (Å²) in [6, 6.07) is 1.05. The molecule has 0 aromatic heterocycles. The predicted octanol–water partition coefficient (Wildman–Crippen LogP) is 1.69. The van der Waals surface area contributed by atoms with Crippen molar-refractivity contribution in [2.75, 3.05) is 5.73 Å². The molecule has 0 aliphatic heterocycles. The fraction of sp³-hybridized carbons (Fsp3) is 0. The lowest BCUT2D eigenvalue weighted by atomic mass is 10.3. The third-order valence-electron chi connectivity index (χ3n) is 1.04. The molecule has 0 unspecified atom stereocenters. The Morgan fingerprint density at radius 3 is 1.80 bits per heavy atom. The maximum atomic E-state index is 12.2. The topological polar surface area (TPSA) is 26.0 Å². The minimum Gasteiger partial charge on any atom is -0.394 e. The van der Waals surface area contributed by atoms with Crippen LogP contribution in [0.1, 0.15) is 0 Å². The molecule has 10 heavy (non-hydrogen) atoms. The standard InChI is InChI=1S/C6H4F3N/c7-3-1-4(8)6(10)5(9)2-3/h1-2H,10H2. The van der Waals surface area contributed by atoms with Gasteiger partial charge in [-0.25, -0.2) is 13.2 Å². The number of hydrogen-bond donors (Lipinski definition) is 1. The first-order chi connectivity index (χ1) is 4.61. The summed E-state index contributed by atoms with van der Waals surface area (Å²) < 4.78 is 36.5. The average Bonchev–Trinajstić information content (AvgIpc) is 1.82. The Bertz CT molecular complexity index is 236. The molecule has 0 aliphatic rings. The monoisotopic (exact) mass is 147 g/mol. The third-order valence-corrected chi connectivity index (χ3v) is 1.04. The molecule has 1 nitrogen and oxygen atoms in total. The Morgan fingerprint density at radius 1 is 1.00 bits per heavy atom. The van der Waals surface area contributed by atoms with Gasteiger partial charge < -0.3 is 5.73 Å². The number of halogens is 3. The van der Waals surface area contributed by atoms with Gasteiger partial charge in [0.15, 0.2) is 11.6 Å². The molecule has 1 aromatic carbocycles. The fourth-order valence-electron chi connectivity index (χ4n) is 0.553. The van der Waals surface area contributed by atoms with E-state index in [0.29, 0.717) is 12.1 Å². The maximum absolute atomic E-state index is 12.2. The first-order valence-corrected chi connectivity index (χ1v) is 2.51. The van der Waals surface area contributed by atoms with Crippen molar-refractivity contribution < 1.29 is 13.2 Å². The van der Waals surface area contributed by atoms with Crippen LogP contribution in [-0.2, 0) is 0 Å². The minimum atomic E-state index is -1.07. The molecule has 0 heterocycles. The zero-order valence-corrected chi connectivity index (χ0v) is 4.87. The van der Waals surface area contributed by atoms with Crippen LogP contribution in [0, 0.1) is 17.5 Å². The summed E-state index contributed by atoms with van der Waals surface area (Å²) in [5.74, 6) is -3.11. The zero-order valence-electron chi connectivity index (χ0n) is 4.87. The van der Waals surface area contributed by atoms with Crippen LogP contribution < -0.4 is 5.73 Å². The van der Waals surface area contributed by atoms with Crippen molar-refractivity contribution in [3.8, 4) is 0 Å². The van der Waals surface area contributed by atoms with E-state index in [-0.39, 0.29) is 0 Å². The molecule has 54 valence electrons. The first kappa shape index (κ1) is 6.92. The van der Waals surface area contributed by atoms with Gasteiger partial charge in [-0.15, -0.1) is 0 Å². The second kappa shape index (κ2) is 2.21. The molecule has 1 aromatic rings. The number of benzene rings is 1. The Hall–Kier alpha value is -1.19. The molecule has 0 aliphatic carbocycles. The third kappa shape index (κ3) is 1.05. The van der Waals surface area contributed by atoms with Gasteiger partial charge in [-0.3, -0.25) is 0 Å². The molecule has 1 rings (SSSR count). The van der Waals surface area contributed by atoms with Gasteiger partial charge >= 0.3 is 0 Å². The van der Waals surface area contributed by atoms with Gasteiger partial charge in [-0.2, -0.15) is 0 Å². The molecular weight excluding hydrogens is 143 g/mol. The Labute approximate surface area is 55.3 Å². The lowest BCUT2D eigenvalue weighted by Crippen LogP contribution is -1.95. The smallest absolute Gasteiger partial charge is 0.152 e. The number of hydrogen-bond acceptors (Lipinski definition) is 1. The lowest BCUT2D eigenvalue weighted by molar-refractivity contribution is 0.549. The van der Waals surface area contributed by atoms with Crippen LogP contribution in [0.2, 0.25) is 0 Å². The van der Waals surface area contributed by atoms with Crippen LogP contribution in [0.4, 0.5) is 18.9 Å². The molecule has 0 radical (unpaired) electrons. The molecular formula is C6H4F3N. The van der Waals surface area contributed by atoms with Gasteiger partial charge in [0.05, 0.1) is 0 Å². The average molecular weight is 147 g/mol. The summed E-state index contributed by atoms with van der Waals surface area (Å²) in [6.45, 7) is 0. The summed E-state index contributed by atoms with van der Waals surface area (Å²) in [5, 5.41) is 0. The van der Waals surface area contributed by atoms with E-state index in [1.807, 2.05) is 0 Å². The molecule has 2 N–H and O–H groups in total. The molecule has 0 amide bonds. The normalized spacial score (nSPS) is 9.90. The SMILES string of the molecule is Nc1c(F)cc(F)cc1F. The van der Waals surface area contributed by atoms with Crippen molar-refractivity contribution in [1.82, 2.24) is 0 Å². The second-order valence-corrected chi connectivity index (χ2v) is 1.78. The van der Waals surface area contributed by atoms with E-state index in [2.05, 4.69) is 0 Å². The van der Waals surface area contributed by atoms with Gasteiger partial charge in [0.1, 0.15) is 11.5 Å². The second-order valence-electron chi connectivity index (χ2n) is 1.78. The summed E-state index contributed by atoms with van der Waals surface area (Å²) in [7, 11) is 0. The highest BCUT2D eigenvalue weighted by Crippen LogP contribution is 2.15. The highest BCUT2D eigenvalue weighted by atomic mass is 19.1. The van der Waals surface area contributed by atoms with E-state index in [1.165, 1.54) is 0 Å². The Kier molecular flexibility index (Phi) is 1.53. The van der Waals surface area contributed by atoms with E-state index in [9.17, 15) is 13.2 Å². The quantitative estimate of drug-likeness (QED) is 0.555. The van der Waals surface area contributed by atoms with Crippen molar-refractivity contribution in [1.29, 1.82) is 0 Å². The van der Waals surface area contributed by atoms with Crippen LogP contribution >= 0.6 is 0 Å². The van der Waals surface area contributed by atoms with Crippen LogP contribution in [0.5, 0.6) is 0 Å². The Balaban J connectivity index is 3.31. The molecule has 0 saturated heterocycles. The lowest BCUT2D eigenvalue weighted by Gasteiger charge is -1.96. The van der Waals surface area contributed by atoms with Crippen LogP contribution in [0.15, 0.2) is 12.1 Å². The van der Waals surface area contributed by atoms with E-state index in [1.54, 1.807) is 0 Å². The van der Waals surface area contributed by atoms with Gasteiger partial charge in [0.25, 0.3) is 0 Å². The predicted molar refractivity (Wildman–Crippen MR) is 30.7 cm³/mol.